The minimum atomic E-state index is -0.0434. The molecule has 0 bridgehead atoms. The summed E-state index contributed by atoms with van der Waals surface area (Å²) < 4.78 is 2.09. The molecule has 1 aliphatic carbocycles. The molecular formula is C13H21N3O. The van der Waals surface area contributed by atoms with Crippen molar-refractivity contribution in [3.8, 4) is 0 Å². The van der Waals surface area contributed by atoms with Crippen molar-refractivity contribution in [1.82, 2.24) is 14.5 Å². The second kappa shape index (κ2) is 4.42. The van der Waals surface area contributed by atoms with E-state index in [1.807, 2.05) is 19.4 Å². The van der Waals surface area contributed by atoms with Crippen LogP contribution in [0.1, 0.15) is 18.7 Å². The van der Waals surface area contributed by atoms with Crippen molar-refractivity contribution in [2.24, 2.45) is 18.9 Å². The lowest BCUT2D eigenvalue weighted by molar-refractivity contribution is 0.124. The summed E-state index contributed by atoms with van der Waals surface area (Å²) in [6.07, 6.45) is 7.06. The summed E-state index contributed by atoms with van der Waals surface area (Å²) in [5, 5.41) is 9.87. The number of hydrogen-bond donors (Lipinski definition) is 1. The maximum Gasteiger partial charge on any atom is 0.109 e. The number of nitrogens with zero attached hydrogens (tertiary/aromatic N) is 3. The van der Waals surface area contributed by atoms with E-state index >= 15 is 0 Å². The predicted octanol–water partition coefficient (Wildman–Crippen LogP) is 0.665. The molecule has 4 nitrogen and oxygen atoms in total. The van der Waals surface area contributed by atoms with Gasteiger partial charge in [0.25, 0.3) is 0 Å². The van der Waals surface area contributed by atoms with Gasteiger partial charge in [-0.1, -0.05) is 0 Å². The van der Waals surface area contributed by atoms with Crippen LogP contribution in [0.5, 0.6) is 0 Å². The number of rotatable bonds is 3. The summed E-state index contributed by atoms with van der Waals surface area (Å²) in [5.74, 6) is 2.44. The molecule has 0 radical (unpaired) electrons. The lowest BCUT2D eigenvalue weighted by Crippen LogP contribution is -2.27. The number of aromatic nitrogens is 2. The van der Waals surface area contributed by atoms with Crippen LogP contribution in [0.15, 0.2) is 12.4 Å². The summed E-state index contributed by atoms with van der Waals surface area (Å²) >= 11 is 0. The molecule has 1 aromatic heterocycles. The van der Waals surface area contributed by atoms with E-state index < -0.39 is 0 Å². The smallest absolute Gasteiger partial charge is 0.109 e. The molecule has 2 heterocycles. The second-order valence-corrected chi connectivity index (χ2v) is 5.53. The van der Waals surface area contributed by atoms with Crippen LogP contribution in [0.25, 0.3) is 0 Å². The van der Waals surface area contributed by atoms with Gasteiger partial charge in [0, 0.05) is 51.4 Å². The second-order valence-electron chi connectivity index (χ2n) is 5.53. The molecule has 3 rings (SSSR count). The monoisotopic (exact) mass is 235 g/mol. The number of fused-ring (bicyclic) bond motifs is 1. The quantitative estimate of drug-likeness (QED) is 0.837. The van der Waals surface area contributed by atoms with E-state index in [1.54, 1.807) is 0 Å². The fraction of sp³-hybridized carbons (Fsp3) is 0.769. The number of imidazole rings is 1. The number of aliphatic hydroxyl groups is 1. The summed E-state index contributed by atoms with van der Waals surface area (Å²) in [5.41, 5.74) is 0. The Bertz CT molecular complexity index is 390. The summed E-state index contributed by atoms with van der Waals surface area (Å²) in [6.45, 7) is 3.33. The Hall–Kier alpha value is -0.870. The van der Waals surface area contributed by atoms with E-state index in [1.165, 1.54) is 13.0 Å². The standard InChI is InChI=1S/C13H21N3O/c1-15-7-5-14-13(15)4-6-16-8-10-2-3-12(17)11(10)9-16/h5,7,10-12,17H,2-4,6,8-9H2,1H3. The number of hydrogen-bond acceptors (Lipinski definition) is 3. The van der Waals surface area contributed by atoms with E-state index in [2.05, 4.69) is 14.5 Å². The van der Waals surface area contributed by atoms with Crippen molar-refractivity contribution < 1.29 is 5.11 Å². The first-order valence-corrected chi connectivity index (χ1v) is 6.60. The van der Waals surface area contributed by atoms with Gasteiger partial charge in [-0.2, -0.15) is 0 Å². The van der Waals surface area contributed by atoms with E-state index in [0.29, 0.717) is 5.92 Å². The summed E-state index contributed by atoms with van der Waals surface area (Å²) in [6, 6.07) is 0. The molecule has 3 atom stereocenters. The topological polar surface area (TPSA) is 41.3 Å². The zero-order valence-corrected chi connectivity index (χ0v) is 10.4. The Morgan fingerprint density at radius 1 is 1.41 bits per heavy atom. The number of likely N-dealkylation sites (tertiary alicyclic amines) is 1. The highest BCUT2D eigenvalue weighted by molar-refractivity contribution is 4.96. The van der Waals surface area contributed by atoms with Crippen LogP contribution in [0, 0.1) is 11.8 Å². The van der Waals surface area contributed by atoms with Crippen LogP contribution in [-0.2, 0) is 13.5 Å². The molecule has 2 aliphatic rings. The van der Waals surface area contributed by atoms with Crippen LogP contribution < -0.4 is 0 Å². The molecule has 1 aromatic rings. The van der Waals surface area contributed by atoms with Gasteiger partial charge < -0.3 is 14.6 Å². The fourth-order valence-corrected chi connectivity index (χ4v) is 3.41. The highest BCUT2D eigenvalue weighted by Gasteiger charge is 2.41. The lowest BCUT2D eigenvalue weighted by Gasteiger charge is -2.17. The Morgan fingerprint density at radius 3 is 3.00 bits per heavy atom. The van der Waals surface area contributed by atoms with Gasteiger partial charge in [-0.3, -0.25) is 0 Å². The van der Waals surface area contributed by atoms with Gasteiger partial charge in [-0.25, -0.2) is 4.98 Å². The van der Waals surface area contributed by atoms with Crippen LogP contribution in [0.2, 0.25) is 0 Å². The Kier molecular flexibility index (Phi) is 2.92. The highest BCUT2D eigenvalue weighted by atomic mass is 16.3. The molecule has 3 unspecified atom stereocenters. The molecular weight excluding hydrogens is 214 g/mol. The molecule has 94 valence electrons. The summed E-state index contributed by atoms with van der Waals surface area (Å²) in [4.78, 5) is 6.84. The first-order chi connectivity index (χ1) is 8.24. The maximum absolute atomic E-state index is 9.87. The van der Waals surface area contributed by atoms with Crippen molar-refractivity contribution in [1.29, 1.82) is 0 Å². The Morgan fingerprint density at radius 2 is 2.29 bits per heavy atom. The van der Waals surface area contributed by atoms with Crippen molar-refractivity contribution in [3.05, 3.63) is 18.2 Å². The third-order valence-corrected chi connectivity index (χ3v) is 4.47. The van der Waals surface area contributed by atoms with Gasteiger partial charge in [0.15, 0.2) is 0 Å². The van der Waals surface area contributed by atoms with E-state index in [9.17, 15) is 5.11 Å². The largest absolute Gasteiger partial charge is 0.393 e. The molecule has 1 saturated carbocycles. The first kappa shape index (κ1) is 11.2. The molecule has 2 fully saturated rings. The van der Waals surface area contributed by atoms with Gasteiger partial charge in [-0.15, -0.1) is 0 Å². The minimum Gasteiger partial charge on any atom is -0.393 e. The SMILES string of the molecule is Cn1ccnc1CCN1CC2CCC(O)C2C1. The number of aryl methyl sites for hydroxylation is 1. The van der Waals surface area contributed by atoms with Gasteiger partial charge in [0.1, 0.15) is 5.82 Å². The molecule has 1 N–H and O–H groups in total. The third kappa shape index (κ3) is 2.11. The van der Waals surface area contributed by atoms with E-state index in [4.69, 9.17) is 0 Å². The average molecular weight is 235 g/mol. The molecule has 0 amide bonds. The van der Waals surface area contributed by atoms with Crippen molar-refractivity contribution in [3.63, 3.8) is 0 Å². The minimum absolute atomic E-state index is 0.0434. The zero-order chi connectivity index (χ0) is 11.8. The van der Waals surface area contributed by atoms with Crippen LogP contribution in [-0.4, -0.2) is 45.3 Å². The average Bonchev–Trinajstić information content (AvgIpc) is 2.96. The van der Waals surface area contributed by atoms with Crippen molar-refractivity contribution in [2.75, 3.05) is 19.6 Å². The van der Waals surface area contributed by atoms with Gasteiger partial charge >= 0.3 is 0 Å². The van der Waals surface area contributed by atoms with Crippen LogP contribution in [0.4, 0.5) is 0 Å². The molecule has 1 aliphatic heterocycles. The Labute approximate surface area is 102 Å². The molecule has 0 spiro atoms. The molecule has 4 heteroatoms. The first-order valence-electron chi connectivity index (χ1n) is 6.60. The van der Waals surface area contributed by atoms with Crippen LogP contribution in [0.3, 0.4) is 0 Å². The number of aliphatic hydroxyl groups excluding tert-OH is 1. The summed E-state index contributed by atoms with van der Waals surface area (Å²) in [7, 11) is 2.05. The van der Waals surface area contributed by atoms with Crippen LogP contribution >= 0.6 is 0 Å². The maximum atomic E-state index is 9.87. The lowest BCUT2D eigenvalue weighted by atomic mass is 10.00. The molecule has 0 aromatic carbocycles. The Balaban J connectivity index is 1.53. The van der Waals surface area contributed by atoms with Gasteiger partial charge in [0.05, 0.1) is 6.10 Å². The predicted molar refractivity (Wildman–Crippen MR) is 65.6 cm³/mol. The van der Waals surface area contributed by atoms with Crippen molar-refractivity contribution >= 4 is 0 Å². The highest BCUT2D eigenvalue weighted by Crippen LogP contribution is 2.37. The van der Waals surface area contributed by atoms with Crippen molar-refractivity contribution in [2.45, 2.75) is 25.4 Å². The van der Waals surface area contributed by atoms with Gasteiger partial charge in [-0.05, 0) is 18.8 Å². The normalized spacial score (nSPS) is 33.2. The zero-order valence-electron chi connectivity index (χ0n) is 10.4. The fourth-order valence-electron chi connectivity index (χ4n) is 3.41. The van der Waals surface area contributed by atoms with E-state index in [0.717, 1.165) is 37.7 Å². The van der Waals surface area contributed by atoms with E-state index in [-0.39, 0.29) is 6.10 Å². The third-order valence-electron chi connectivity index (χ3n) is 4.47. The molecule has 17 heavy (non-hydrogen) atoms. The molecule has 1 saturated heterocycles. The van der Waals surface area contributed by atoms with Gasteiger partial charge in [0.2, 0.25) is 0 Å².